The molecule has 3 aromatic rings. The molecule has 1 atom stereocenters. The average Bonchev–Trinajstić information content (AvgIpc) is 3.33. The van der Waals surface area contributed by atoms with Gasteiger partial charge in [0.25, 0.3) is 0 Å². The Morgan fingerprint density at radius 2 is 2.23 bits per heavy atom. The predicted molar refractivity (Wildman–Crippen MR) is 112 cm³/mol. The van der Waals surface area contributed by atoms with Crippen LogP contribution in [0.4, 0.5) is 5.95 Å². The first-order valence-corrected chi connectivity index (χ1v) is 10.2. The van der Waals surface area contributed by atoms with Gasteiger partial charge in [-0.2, -0.15) is 0 Å². The largest absolute Gasteiger partial charge is 0.508 e. The van der Waals surface area contributed by atoms with Crippen molar-refractivity contribution in [2.24, 2.45) is 7.05 Å². The fourth-order valence-corrected chi connectivity index (χ4v) is 4.52. The maximum Gasteiger partial charge on any atom is 0.223 e. The van der Waals surface area contributed by atoms with Gasteiger partial charge >= 0.3 is 0 Å². The van der Waals surface area contributed by atoms with E-state index in [1.54, 1.807) is 12.4 Å². The molecular formula is C22H26N6O2. The summed E-state index contributed by atoms with van der Waals surface area (Å²) in [4.78, 5) is 16.0. The summed E-state index contributed by atoms with van der Waals surface area (Å²) in [5.41, 5.74) is 4.26. The topological polar surface area (TPSA) is 88.3 Å². The highest BCUT2D eigenvalue weighted by atomic mass is 16.5. The van der Waals surface area contributed by atoms with Crippen molar-refractivity contribution in [1.29, 1.82) is 0 Å². The van der Waals surface area contributed by atoms with E-state index >= 15 is 0 Å². The molecule has 5 rings (SSSR count). The number of rotatable bonds is 5. The normalized spacial score (nSPS) is 21.1. The van der Waals surface area contributed by atoms with Gasteiger partial charge in [0.05, 0.1) is 42.9 Å². The van der Waals surface area contributed by atoms with Crippen LogP contribution in [0.15, 0.2) is 43.0 Å². The van der Waals surface area contributed by atoms with Crippen molar-refractivity contribution in [2.75, 3.05) is 25.0 Å². The van der Waals surface area contributed by atoms with Crippen LogP contribution in [0.3, 0.4) is 0 Å². The molecule has 1 aromatic carbocycles. The number of ether oxygens (including phenoxy) is 1. The zero-order valence-corrected chi connectivity index (χ0v) is 17.1. The molecule has 2 aromatic heterocycles. The lowest BCUT2D eigenvalue weighted by Crippen LogP contribution is -2.40. The number of likely N-dealkylation sites (tertiary alicyclic amines) is 1. The monoisotopic (exact) mass is 406 g/mol. The van der Waals surface area contributed by atoms with Crippen LogP contribution < -0.4 is 5.32 Å². The van der Waals surface area contributed by atoms with Crippen molar-refractivity contribution in [3.05, 3.63) is 65.5 Å². The summed E-state index contributed by atoms with van der Waals surface area (Å²) in [5.74, 6) is 0.951. The van der Waals surface area contributed by atoms with Crippen LogP contribution >= 0.6 is 0 Å². The van der Waals surface area contributed by atoms with Crippen LogP contribution in [0.1, 0.15) is 28.9 Å². The Bertz CT molecular complexity index is 1050. The Morgan fingerprint density at radius 3 is 3.07 bits per heavy atom. The molecule has 0 bridgehead atoms. The smallest absolute Gasteiger partial charge is 0.223 e. The third kappa shape index (κ3) is 3.64. The summed E-state index contributed by atoms with van der Waals surface area (Å²) in [6.45, 7) is 4.53. The van der Waals surface area contributed by atoms with Crippen molar-refractivity contribution < 1.29 is 9.84 Å². The Kier molecular flexibility index (Phi) is 4.88. The first kappa shape index (κ1) is 19.0. The summed E-state index contributed by atoms with van der Waals surface area (Å²) >= 11 is 0. The van der Waals surface area contributed by atoms with Gasteiger partial charge in [0.15, 0.2) is 0 Å². The molecule has 0 unspecified atom stereocenters. The number of phenols is 1. The molecule has 2 aliphatic heterocycles. The van der Waals surface area contributed by atoms with Gasteiger partial charge in [0, 0.05) is 38.1 Å². The van der Waals surface area contributed by atoms with Crippen LogP contribution in [0.2, 0.25) is 0 Å². The molecule has 4 heterocycles. The molecule has 0 saturated carbocycles. The standard InChI is InChI=1S/C22H26N6O2/c1-27-15-23-9-18(27)10-25-21-24-8-17-12-30-14-22(20(17)26-21)5-6-28(13-22)11-16-3-2-4-19(29)7-16/h2-4,7-9,15,29H,5-6,10-14H2,1H3,(H,24,25,26)/t22-/m0/s1. The Balaban J connectivity index is 1.34. The number of fused-ring (bicyclic) bond motifs is 2. The van der Waals surface area contributed by atoms with Gasteiger partial charge in [-0.3, -0.25) is 4.90 Å². The summed E-state index contributed by atoms with van der Waals surface area (Å²) < 4.78 is 7.93. The van der Waals surface area contributed by atoms with Gasteiger partial charge in [-0.05, 0) is 30.7 Å². The zero-order chi connectivity index (χ0) is 20.6. The third-order valence-corrected chi connectivity index (χ3v) is 6.10. The van der Waals surface area contributed by atoms with Gasteiger partial charge in [-0.25, -0.2) is 15.0 Å². The fourth-order valence-electron chi connectivity index (χ4n) is 4.52. The van der Waals surface area contributed by atoms with Crippen LogP contribution in [0, 0.1) is 0 Å². The summed E-state index contributed by atoms with van der Waals surface area (Å²) in [7, 11) is 1.98. The van der Waals surface area contributed by atoms with E-state index in [4.69, 9.17) is 9.72 Å². The number of aryl methyl sites for hydroxylation is 1. The van der Waals surface area contributed by atoms with Crippen molar-refractivity contribution >= 4 is 5.95 Å². The molecule has 8 heteroatoms. The van der Waals surface area contributed by atoms with E-state index in [0.717, 1.165) is 48.6 Å². The van der Waals surface area contributed by atoms with Gasteiger partial charge < -0.3 is 19.7 Å². The van der Waals surface area contributed by atoms with E-state index in [9.17, 15) is 5.11 Å². The number of anilines is 1. The lowest BCUT2D eigenvalue weighted by Gasteiger charge is -2.34. The molecule has 1 fully saturated rings. The number of aromatic hydroxyl groups is 1. The molecular weight excluding hydrogens is 380 g/mol. The molecule has 0 aliphatic carbocycles. The number of imidazole rings is 1. The lowest BCUT2D eigenvalue weighted by atomic mass is 9.80. The highest BCUT2D eigenvalue weighted by molar-refractivity contribution is 5.37. The van der Waals surface area contributed by atoms with Gasteiger partial charge in [-0.15, -0.1) is 0 Å². The molecule has 156 valence electrons. The number of hydrogen-bond acceptors (Lipinski definition) is 7. The summed E-state index contributed by atoms with van der Waals surface area (Å²) in [6, 6.07) is 7.48. The van der Waals surface area contributed by atoms with E-state index in [-0.39, 0.29) is 5.41 Å². The second-order valence-electron chi connectivity index (χ2n) is 8.32. The van der Waals surface area contributed by atoms with Crippen LogP contribution in [-0.4, -0.2) is 49.2 Å². The molecule has 30 heavy (non-hydrogen) atoms. The molecule has 0 radical (unpaired) electrons. The number of benzene rings is 1. The average molecular weight is 406 g/mol. The number of aromatic nitrogens is 4. The van der Waals surface area contributed by atoms with Gasteiger partial charge in [0.1, 0.15) is 5.75 Å². The van der Waals surface area contributed by atoms with Gasteiger partial charge in [-0.1, -0.05) is 12.1 Å². The zero-order valence-electron chi connectivity index (χ0n) is 17.1. The third-order valence-electron chi connectivity index (χ3n) is 6.10. The van der Waals surface area contributed by atoms with E-state index in [1.807, 2.05) is 36.1 Å². The quantitative estimate of drug-likeness (QED) is 0.672. The molecule has 2 aliphatic rings. The molecule has 1 saturated heterocycles. The fraction of sp³-hybridized carbons (Fsp3) is 0.409. The van der Waals surface area contributed by atoms with E-state index < -0.39 is 0 Å². The molecule has 8 nitrogen and oxygen atoms in total. The van der Waals surface area contributed by atoms with Crippen molar-refractivity contribution in [3.8, 4) is 5.75 Å². The number of phenolic OH excluding ortho intramolecular Hbond substituents is 1. The minimum Gasteiger partial charge on any atom is -0.508 e. The Labute approximate surface area is 175 Å². The number of nitrogens with zero attached hydrogens (tertiary/aromatic N) is 5. The SMILES string of the molecule is Cn1cncc1CNc1ncc2c(n1)[C@]1(CCN(Cc3cccc(O)c3)C1)COC2. The number of nitrogens with one attached hydrogen (secondary N) is 1. The summed E-state index contributed by atoms with van der Waals surface area (Å²) in [6.07, 6.45) is 6.53. The van der Waals surface area contributed by atoms with Crippen molar-refractivity contribution in [2.45, 2.75) is 31.5 Å². The van der Waals surface area contributed by atoms with E-state index in [1.165, 1.54) is 0 Å². The Morgan fingerprint density at radius 1 is 1.30 bits per heavy atom. The summed E-state index contributed by atoms with van der Waals surface area (Å²) in [5, 5.41) is 13.1. The van der Waals surface area contributed by atoms with Crippen LogP contribution in [-0.2, 0) is 36.9 Å². The highest BCUT2D eigenvalue weighted by Gasteiger charge is 2.44. The highest BCUT2D eigenvalue weighted by Crippen LogP contribution is 2.39. The van der Waals surface area contributed by atoms with Crippen LogP contribution in [0.25, 0.3) is 0 Å². The minimum atomic E-state index is -0.115. The first-order valence-electron chi connectivity index (χ1n) is 10.2. The van der Waals surface area contributed by atoms with Crippen molar-refractivity contribution in [1.82, 2.24) is 24.4 Å². The van der Waals surface area contributed by atoms with Crippen LogP contribution in [0.5, 0.6) is 5.75 Å². The van der Waals surface area contributed by atoms with Gasteiger partial charge in [0.2, 0.25) is 5.95 Å². The predicted octanol–water partition coefficient (Wildman–Crippen LogP) is 2.20. The maximum absolute atomic E-state index is 9.76. The first-order chi connectivity index (χ1) is 14.6. The molecule has 0 amide bonds. The second-order valence-corrected chi connectivity index (χ2v) is 8.32. The molecule has 1 spiro atoms. The second kappa shape index (κ2) is 7.70. The molecule has 2 N–H and O–H groups in total. The van der Waals surface area contributed by atoms with Crippen molar-refractivity contribution in [3.63, 3.8) is 0 Å². The lowest BCUT2D eigenvalue weighted by molar-refractivity contribution is 0.0503. The Hall–Kier alpha value is -2.97. The number of hydrogen-bond donors (Lipinski definition) is 2. The van der Waals surface area contributed by atoms with E-state index in [2.05, 4.69) is 26.3 Å². The van der Waals surface area contributed by atoms with E-state index in [0.29, 0.717) is 31.5 Å². The minimum absolute atomic E-state index is 0.115. The maximum atomic E-state index is 9.76.